The van der Waals surface area contributed by atoms with Gasteiger partial charge in [0.2, 0.25) is 5.91 Å². The van der Waals surface area contributed by atoms with Crippen molar-refractivity contribution in [3.05, 3.63) is 23.5 Å². The number of halogens is 1. The molecule has 0 fully saturated rings. The lowest BCUT2D eigenvalue weighted by molar-refractivity contribution is -0.117. The molecule has 0 saturated carbocycles. The lowest BCUT2D eigenvalue weighted by Crippen LogP contribution is -2.44. The van der Waals surface area contributed by atoms with Gasteiger partial charge in [-0.2, -0.15) is 0 Å². The van der Waals surface area contributed by atoms with Gasteiger partial charge in [0.1, 0.15) is 17.5 Å². The Balaban J connectivity index is 2.07. The number of benzene rings is 1. The Morgan fingerprint density at radius 3 is 2.68 bits per heavy atom. The molecule has 2 rings (SSSR count). The maximum Gasteiger partial charge on any atom is 0.408 e. The predicted molar refractivity (Wildman–Crippen MR) is 95.3 cm³/mol. The van der Waals surface area contributed by atoms with Crippen LogP contribution in [-0.2, 0) is 16.0 Å². The highest BCUT2D eigenvalue weighted by Gasteiger charge is 2.24. The largest absolute Gasteiger partial charge is 0.444 e. The molecule has 1 heterocycles. The Bertz CT molecular complexity index is 670. The number of ether oxygens (including phenoxy) is 1. The zero-order valence-electron chi connectivity index (χ0n) is 15.3. The summed E-state index contributed by atoms with van der Waals surface area (Å²) in [4.78, 5) is 24.1. The van der Waals surface area contributed by atoms with Gasteiger partial charge in [-0.1, -0.05) is 0 Å². The summed E-state index contributed by atoms with van der Waals surface area (Å²) in [5, 5.41) is 8.46. The van der Waals surface area contributed by atoms with Gasteiger partial charge in [-0.15, -0.1) is 0 Å². The Hall–Kier alpha value is -2.31. The second kappa shape index (κ2) is 7.29. The first-order valence-corrected chi connectivity index (χ1v) is 8.45. The van der Waals surface area contributed by atoms with Gasteiger partial charge in [0, 0.05) is 11.6 Å². The second-order valence-electron chi connectivity index (χ2n) is 7.39. The number of carbonyl (C=O) groups excluding carboxylic acids is 2. The van der Waals surface area contributed by atoms with E-state index in [-0.39, 0.29) is 11.9 Å². The lowest BCUT2D eigenvalue weighted by Gasteiger charge is -2.27. The van der Waals surface area contributed by atoms with E-state index in [9.17, 15) is 14.0 Å². The number of rotatable bonds is 3. The Labute approximate surface area is 147 Å². The highest BCUT2D eigenvalue weighted by molar-refractivity contribution is 5.99. The van der Waals surface area contributed by atoms with E-state index >= 15 is 0 Å². The molecule has 0 bridgehead atoms. The highest BCUT2D eigenvalue weighted by atomic mass is 19.1. The van der Waals surface area contributed by atoms with Crippen LogP contribution in [0, 0.1) is 5.82 Å². The summed E-state index contributed by atoms with van der Waals surface area (Å²) in [5.41, 5.74) is 1.04. The molecule has 0 aromatic heterocycles. The van der Waals surface area contributed by atoms with Crippen molar-refractivity contribution in [2.24, 2.45) is 0 Å². The van der Waals surface area contributed by atoms with Crippen molar-refractivity contribution in [3.63, 3.8) is 0 Å². The Kier molecular flexibility index (Phi) is 5.55. The van der Waals surface area contributed by atoms with E-state index in [1.807, 2.05) is 6.92 Å². The summed E-state index contributed by atoms with van der Waals surface area (Å²) in [6.07, 6.45) is 0.783. The number of carbonyl (C=O) groups is 2. The average Bonchev–Trinajstić information content (AvgIpc) is 2.47. The SMILES string of the molecule is CC(NC(=O)OC(C)(C)C)C(=O)Nc1ccc(F)c2c1N[C@@H](C)CC2. The van der Waals surface area contributed by atoms with Crippen molar-refractivity contribution in [1.82, 2.24) is 5.32 Å². The molecular weight excluding hydrogens is 325 g/mol. The molecule has 0 aliphatic carbocycles. The van der Waals surface area contributed by atoms with E-state index in [4.69, 9.17) is 4.74 Å². The monoisotopic (exact) mass is 351 g/mol. The number of hydrogen-bond acceptors (Lipinski definition) is 4. The predicted octanol–water partition coefficient (Wildman–Crippen LogP) is 3.42. The van der Waals surface area contributed by atoms with Crippen LogP contribution in [0.4, 0.5) is 20.6 Å². The Morgan fingerprint density at radius 2 is 2.04 bits per heavy atom. The van der Waals surface area contributed by atoms with Crippen LogP contribution in [0.15, 0.2) is 12.1 Å². The molecule has 1 aliphatic rings. The molecule has 1 aromatic rings. The lowest BCUT2D eigenvalue weighted by atomic mass is 9.97. The molecule has 0 saturated heterocycles. The molecule has 1 aliphatic heterocycles. The summed E-state index contributed by atoms with van der Waals surface area (Å²) < 4.78 is 19.1. The van der Waals surface area contributed by atoms with Crippen LogP contribution in [0.3, 0.4) is 0 Å². The molecular formula is C18H26FN3O3. The van der Waals surface area contributed by atoms with Crippen LogP contribution in [-0.4, -0.2) is 29.7 Å². The molecule has 138 valence electrons. The molecule has 2 atom stereocenters. The molecule has 7 heteroatoms. The van der Waals surface area contributed by atoms with Gasteiger partial charge in [0.25, 0.3) is 0 Å². The van der Waals surface area contributed by atoms with Crippen molar-refractivity contribution < 1.29 is 18.7 Å². The van der Waals surface area contributed by atoms with Crippen LogP contribution < -0.4 is 16.0 Å². The number of nitrogens with one attached hydrogen (secondary N) is 3. The van der Waals surface area contributed by atoms with E-state index in [1.165, 1.54) is 12.1 Å². The number of fused-ring (bicyclic) bond motifs is 1. The summed E-state index contributed by atoms with van der Waals surface area (Å²) in [5.74, 6) is -0.688. The Morgan fingerprint density at radius 1 is 1.36 bits per heavy atom. The second-order valence-corrected chi connectivity index (χ2v) is 7.39. The maximum absolute atomic E-state index is 14.0. The quantitative estimate of drug-likeness (QED) is 0.779. The molecule has 2 amide bonds. The van der Waals surface area contributed by atoms with Crippen LogP contribution >= 0.6 is 0 Å². The smallest absolute Gasteiger partial charge is 0.408 e. The fourth-order valence-electron chi connectivity index (χ4n) is 2.61. The minimum absolute atomic E-state index is 0.197. The van der Waals surface area contributed by atoms with Crippen molar-refractivity contribution in [2.45, 2.75) is 65.1 Å². The first-order valence-electron chi connectivity index (χ1n) is 8.45. The minimum atomic E-state index is -0.795. The zero-order valence-corrected chi connectivity index (χ0v) is 15.3. The summed E-state index contributed by atoms with van der Waals surface area (Å²) >= 11 is 0. The van der Waals surface area contributed by atoms with Gasteiger partial charge in [0.15, 0.2) is 0 Å². The average molecular weight is 351 g/mol. The van der Waals surface area contributed by atoms with E-state index < -0.39 is 23.6 Å². The van der Waals surface area contributed by atoms with E-state index in [0.717, 1.165) is 6.42 Å². The van der Waals surface area contributed by atoms with Crippen LogP contribution in [0.25, 0.3) is 0 Å². The maximum atomic E-state index is 14.0. The third-order valence-electron chi connectivity index (χ3n) is 3.86. The van der Waals surface area contributed by atoms with Gasteiger partial charge in [-0.05, 0) is 59.6 Å². The first kappa shape index (κ1) is 19.0. The van der Waals surface area contributed by atoms with Crippen molar-refractivity contribution in [1.29, 1.82) is 0 Å². The first-order chi connectivity index (χ1) is 11.6. The fraction of sp³-hybridized carbons (Fsp3) is 0.556. The standard InChI is InChI=1S/C18H26FN3O3/c1-10-6-7-12-13(19)8-9-14(15(12)20-10)22-16(23)11(2)21-17(24)25-18(3,4)5/h8-11,20H,6-7H2,1-5H3,(H,21,24)(H,22,23)/t10-,11?/m0/s1. The van der Waals surface area contributed by atoms with Gasteiger partial charge in [-0.3, -0.25) is 4.79 Å². The summed E-state index contributed by atoms with van der Waals surface area (Å²) in [6, 6.07) is 2.27. The van der Waals surface area contributed by atoms with E-state index in [0.29, 0.717) is 23.4 Å². The summed E-state index contributed by atoms with van der Waals surface area (Å²) in [6.45, 7) is 8.80. The van der Waals surface area contributed by atoms with Crippen LogP contribution in [0.5, 0.6) is 0 Å². The van der Waals surface area contributed by atoms with E-state index in [2.05, 4.69) is 16.0 Å². The van der Waals surface area contributed by atoms with Gasteiger partial charge in [-0.25, -0.2) is 9.18 Å². The topological polar surface area (TPSA) is 79.5 Å². The van der Waals surface area contributed by atoms with Crippen LogP contribution in [0.1, 0.15) is 46.6 Å². The molecule has 25 heavy (non-hydrogen) atoms. The van der Waals surface area contributed by atoms with Gasteiger partial charge < -0.3 is 20.7 Å². The zero-order chi connectivity index (χ0) is 18.8. The van der Waals surface area contributed by atoms with Crippen molar-refractivity contribution in [3.8, 4) is 0 Å². The molecule has 0 spiro atoms. The van der Waals surface area contributed by atoms with Crippen molar-refractivity contribution in [2.75, 3.05) is 10.6 Å². The van der Waals surface area contributed by atoms with Gasteiger partial charge >= 0.3 is 6.09 Å². The van der Waals surface area contributed by atoms with Crippen molar-refractivity contribution >= 4 is 23.4 Å². The fourth-order valence-corrected chi connectivity index (χ4v) is 2.61. The molecule has 6 nitrogen and oxygen atoms in total. The number of anilines is 2. The molecule has 0 radical (unpaired) electrons. The number of amides is 2. The third kappa shape index (κ3) is 5.08. The summed E-state index contributed by atoms with van der Waals surface area (Å²) in [7, 11) is 0. The van der Waals surface area contributed by atoms with E-state index in [1.54, 1.807) is 27.7 Å². The normalized spacial score (nSPS) is 17.8. The van der Waals surface area contributed by atoms with Gasteiger partial charge in [0.05, 0.1) is 11.4 Å². The molecule has 1 aromatic carbocycles. The molecule has 3 N–H and O–H groups in total. The number of hydrogen-bond donors (Lipinski definition) is 3. The highest BCUT2D eigenvalue weighted by Crippen LogP contribution is 2.34. The third-order valence-corrected chi connectivity index (χ3v) is 3.86. The van der Waals surface area contributed by atoms with Crippen LogP contribution in [0.2, 0.25) is 0 Å². The minimum Gasteiger partial charge on any atom is -0.444 e. The molecule has 1 unspecified atom stereocenters. The number of alkyl carbamates (subject to hydrolysis) is 1.